The number of piperazine rings is 1. The van der Waals surface area contributed by atoms with E-state index in [4.69, 9.17) is 22.1 Å². The number of sulfonamides is 1. The average molecular weight is 593 g/mol. The number of anilines is 3. The highest BCUT2D eigenvalue weighted by Crippen LogP contribution is 2.36. The monoisotopic (exact) mass is 592 g/mol. The minimum absolute atomic E-state index is 0.000487. The van der Waals surface area contributed by atoms with Gasteiger partial charge in [0.05, 0.1) is 15.6 Å². The van der Waals surface area contributed by atoms with Crippen molar-refractivity contribution in [2.45, 2.75) is 24.7 Å². The molecule has 1 aliphatic rings. The lowest BCUT2D eigenvalue weighted by atomic mass is 9.95. The van der Waals surface area contributed by atoms with Gasteiger partial charge in [0.15, 0.2) is 0 Å². The Morgan fingerprint density at radius 1 is 0.951 bits per heavy atom. The summed E-state index contributed by atoms with van der Waals surface area (Å²) < 4.78 is 35.2. The van der Waals surface area contributed by atoms with Crippen molar-refractivity contribution in [2.24, 2.45) is 0 Å². The van der Waals surface area contributed by atoms with Crippen molar-refractivity contribution in [3.63, 3.8) is 0 Å². The minimum atomic E-state index is -4.03. The van der Waals surface area contributed by atoms with E-state index in [0.29, 0.717) is 22.2 Å². The molecule has 9 nitrogen and oxygen atoms in total. The van der Waals surface area contributed by atoms with Gasteiger partial charge in [-0.3, -0.25) is 0 Å². The van der Waals surface area contributed by atoms with E-state index in [1.165, 1.54) is 12.1 Å². The Morgan fingerprint density at radius 2 is 1.71 bits per heavy atom. The van der Waals surface area contributed by atoms with Gasteiger partial charge in [-0.15, -0.1) is 0 Å². The lowest BCUT2D eigenvalue weighted by molar-refractivity contribution is 0.312. The summed E-state index contributed by atoms with van der Waals surface area (Å²) in [6.45, 7) is 7.86. The van der Waals surface area contributed by atoms with Gasteiger partial charge in [0.1, 0.15) is 5.75 Å². The average Bonchev–Trinajstić information content (AvgIpc) is 2.94. The number of benzene rings is 3. The minimum Gasteiger partial charge on any atom is -0.437 e. The Labute approximate surface area is 246 Å². The van der Waals surface area contributed by atoms with E-state index in [1.807, 2.05) is 36.4 Å². The van der Waals surface area contributed by atoms with Crippen LogP contribution in [-0.2, 0) is 10.0 Å². The van der Waals surface area contributed by atoms with Crippen LogP contribution in [0.2, 0.25) is 5.02 Å². The van der Waals surface area contributed by atoms with E-state index in [1.54, 1.807) is 24.3 Å². The van der Waals surface area contributed by atoms with Crippen LogP contribution in [0.25, 0.3) is 11.3 Å². The zero-order valence-corrected chi connectivity index (χ0v) is 24.8. The first-order valence-corrected chi connectivity index (χ1v) is 15.2. The number of nitrogens with zero attached hydrogens (tertiary/aromatic N) is 4. The smallest absolute Gasteiger partial charge is 0.264 e. The van der Waals surface area contributed by atoms with Gasteiger partial charge in [0, 0.05) is 55.2 Å². The molecule has 0 aliphatic carbocycles. The number of nitrogens with two attached hydrogens (primary N) is 1. The zero-order valence-electron chi connectivity index (χ0n) is 23.2. The quantitative estimate of drug-likeness (QED) is 0.245. The molecule has 1 saturated heterocycles. The Balaban J connectivity index is 1.55. The van der Waals surface area contributed by atoms with Crippen LogP contribution in [0.1, 0.15) is 25.3 Å². The van der Waals surface area contributed by atoms with Gasteiger partial charge in [-0.25, -0.2) is 18.1 Å². The number of hydrogen-bond acceptors (Lipinski definition) is 8. The highest BCUT2D eigenvalue weighted by molar-refractivity contribution is 7.92. The molecule has 2 heterocycles. The number of nitrogen functional groups attached to an aromatic ring is 1. The maximum Gasteiger partial charge on any atom is 0.264 e. The second-order valence-electron chi connectivity index (χ2n) is 10.3. The number of nitrogens with one attached hydrogen (secondary N) is 1. The van der Waals surface area contributed by atoms with Crippen molar-refractivity contribution in [3.8, 4) is 22.9 Å². The molecule has 3 N–H and O–H groups in total. The third-order valence-corrected chi connectivity index (χ3v) is 8.59. The normalized spacial score (nSPS) is 14.3. The van der Waals surface area contributed by atoms with Crippen LogP contribution >= 0.6 is 11.6 Å². The summed E-state index contributed by atoms with van der Waals surface area (Å²) in [4.78, 5) is 13.6. The van der Waals surface area contributed by atoms with Gasteiger partial charge in [-0.05, 0) is 48.9 Å². The zero-order chi connectivity index (χ0) is 29.1. The summed E-state index contributed by atoms with van der Waals surface area (Å²) in [6, 6.07) is 21.2. The fourth-order valence-corrected chi connectivity index (χ4v) is 5.85. The second kappa shape index (κ2) is 11.9. The van der Waals surface area contributed by atoms with Crippen LogP contribution in [0, 0.1) is 0 Å². The molecule has 1 fully saturated rings. The van der Waals surface area contributed by atoms with Crippen molar-refractivity contribution >= 4 is 38.9 Å². The number of hydrogen-bond donors (Lipinski definition) is 2. The maximum absolute atomic E-state index is 13.2. The third-order valence-electron chi connectivity index (χ3n) is 6.95. The van der Waals surface area contributed by atoms with Crippen LogP contribution in [0.4, 0.5) is 17.3 Å². The van der Waals surface area contributed by atoms with Crippen LogP contribution in [0.3, 0.4) is 0 Å². The fraction of sp³-hybridized carbons (Fsp3) is 0.267. The van der Waals surface area contributed by atoms with E-state index < -0.39 is 10.0 Å². The number of ether oxygens (including phenoxy) is 1. The predicted octanol–water partition coefficient (Wildman–Crippen LogP) is 5.85. The molecule has 214 valence electrons. The summed E-state index contributed by atoms with van der Waals surface area (Å²) in [5.41, 5.74) is 9.55. The molecule has 11 heteroatoms. The molecule has 1 aliphatic heterocycles. The first-order chi connectivity index (χ1) is 19.6. The topological polar surface area (TPSA) is 114 Å². The summed E-state index contributed by atoms with van der Waals surface area (Å²) >= 11 is 6.55. The molecular weight excluding hydrogens is 560 g/mol. The molecule has 0 unspecified atom stereocenters. The number of aromatic nitrogens is 2. The molecule has 3 aromatic carbocycles. The fourth-order valence-electron chi connectivity index (χ4n) is 4.70. The predicted molar refractivity (Wildman–Crippen MR) is 164 cm³/mol. The standard InChI is InChI=1S/C30H33ClN6O3S/c1-20(2)24-9-4-5-10-25(24)27-19-29(34-30(33-27)35-41(38,39)23-8-6-7-21(32)17-23)40-28-18-22(11-12-26(28)31)37-15-13-36(3)14-16-37/h4-12,17-20H,13-16,32H2,1-3H3,(H,33,34,35). The Kier molecular flexibility index (Phi) is 8.35. The van der Waals surface area contributed by atoms with Gasteiger partial charge in [0.25, 0.3) is 10.0 Å². The van der Waals surface area contributed by atoms with Crippen LogP contribution < -0.4 is 20.1 Å². The lowest BCUT2D eigenvalue weighted by Gasteiger charge is -2.34. The summed E-state index contributed by atoms with van der Waals surface area (Å²) in [7, 11) is -1.92. The maximum atomic E-state index is 13.2. The second-order valence-corrected chi connectivity index (χ2v) is 12.4. The molecule has 4 aromatic rings. The van der Waals surface area contributed by atoms with Crippen molar-refractivity contribution in [3.05, 3.63) is 83.4 Å². The SMILES string of the molecule is CC(C)c1ccccc1-c1cc(Oc2cc(N3CCN(C)CC3)ccc2Cl)nc(NS(=O)(=O)c2cccc(N)c2)n1. The van der Waals surface area contributed by atoms with E-state index >= 15 is 0 Å². The van der Waals surface area contributed by atoms with Crippen molar-refractivity contribution in [1.82, 2.24) is 14.9 Å². The van der Waals surface area contributed by atoms with E-state index in [-0.39, 0.29) is 22.6 Å². The third kappa shape index (κ3) is 6.73. The van der Waals surface area contributed by atoms with Crippen molar-refractivity contribution in [2.75, 3.05) is 48.6 Å². The largest absolute Gasteiger partial charge is 0.437 e. The number of likely N-dealkylation sites (N-methyl/N-ethyl adjacent to an activating group) is 1. The molecule has 0 bridgehead atoms. The van der Waals surface area contributed by atoms with Gasteiger partial charge >= 0.3 is 0 Å². The number of rotatable bonds is 8. The highest BCUT2D eigenvalue weighted by atomic mass is 35.5. The lowest BCUT2D eigenvalue weighted by Crippen LogP contribution is -2.44. The van der Waals surface area contributed by atoms with E-state index in [2.05, 4.69) is 45.4 Å². The molecule has 0 spiro atoms. The molecule has 0 radical (unpaired) electrons. The van der Waals surface area contributed by atoms with Crippen LogP contribution in [0.5, 0.6) is 11.6 Å². The molecule has 0 saturated carbocycles. The van der Waals surface area contributed by atoms with E-state index in [0.717, 1.165) is 43.0 Å². The Morgan fingerprint density at radius 3 is 2.44 bits per heavy atom. The van der Waals surface area contributed by atoms with Crippen molar-refractivity contribution in [1.29, 1.82) is 0 Å². The van der Waals surface area contributed by atoms with Gasteiger partial charge in [-0.2, -0.15) is 4.98 Å². The summed E-state index contributed by atoms with van der Waals surface area (Å²) in [6.07, 6.45) is 0. The van der Waals surface area contributed by atoms with Gasteiger partial charge in [-0.1, -0.05) is 55.8 Å². The van der Waals surface area contributed by atoms with Crippen LogP contribution in [0.15, 0.2) is 77.7 Å². The molecular formula is C30H33ClN6O3S. The Hall–Kier alpha value is -3.86. The summed E-state index contributed by atoms with van der Waals surface area (Å²) in [5.74, 6) is 0.628. The van der Waals surface area contributed by atoms with Gasteiger partial charge in [0.2, 0.25) is 11.8 Å². The van der Waals surface area contributed by atoms with Crippen LogP contribution in [-0.4, -0.2) is 56.5 Å². The first-order valence-electron chi connectivity index (χ1n) is 13.4. The molecule has 1 aromatic heterocycles. The van der Waals surface area contributed by atoms with Crippen molar-refractivity contribution < 1.29 is 13.2 Å². The first kappa shape index (κ1) is 28.7. The molecule has 0 atom stereocenters. The van der Waals surface area contributed by atoms with E-state index in [9.17, 15) is 8.42 Å². The highest BCUT2D eigenvalue weighted by Gasteiger charge is 2.21. The molecule has 5 rings (SSSR count). The summed E-state index contributed by atoms with van der Waals surface area (Å²) in [5, 5.41) is 0.410. The molecule has 41 heavy (non-hydrogen) atoms. The molecule has 0 amide bonds. The number of halogens is 1. The Bertz CT molecular complexity index is 1660. The van der Waals surface area contributed by atoms with Gasteiger partial charge < -0.3 is 20.3 Å².